The molecule has 2 heterocycles. The van der Waals surface area contributed by atoms with Crippen LogP contribution < -0.4 is 10.6 Å². The molecule has 1 fully saturated rings. The molecule has 0 bridgehead atoms. The van der Waals surface area contributed by atoms with Gasteiger partial charge in [0.15, 0.2) is 6.17 Å². The lowest BCUT2D eigenvalue weighted by atomic mass is 9.99. The zero-order valence-electron chi connectivity index (χ0n) is 19.4. The fourth-order valence-corrected chi connectivity index (χ4v) is 3.89. The molecule has 1 aromatic rings. The van der Waals surface area contributed by atoms with Gasteiger partial charge in [-0.25, -0.2) is 0 Å². The molecule has 1 atom stereocenters. The van der Waals surface area contributed by atoms with Crippen LogP contribution in [-0.4, -0.2) is 54.7 Å². The summed E-state index contributed by atoms with van der Waals surface area (Å²) < 4.78 is 0. The van der Waals surface area contributed by atoms with Crippen molar-refractivity contribution in [3.05, 3.63) is 52.6 Å². The molecule has 0 aromatic heterocycles. The zero-order chi connectivity index (χ0) is 24.1. The number of fused-ring (bicyclic) bond motifs is 1. The highest BCUT2D eigenvalue weighted by Crippen LogP contribution is 2.31. The Hall–Kier alpha value is -1.73. The van der Waals surface area contributed by atoms with Crippen molar-refractivity contribution in [1.29, 1.82) is 0 Å². The monoisotopic (exact) mass is 496 g/mol. The molecule has 0 saturated carbocycles. The van der Waals surface area contributed by atoms with Gasteiger partial charge in [0.1, 0.15) is 0 Å². The number of likely N-dealkylation sites (N-methyl/N-ethyl adjacent to an activating group) is 1. The highest BCUT2D eigenvalue weighted by atomic mass is 35.5. The molecule has 3 rings (SSSR count). The summed E-state index contributed by atoms with van der Waals surface area (Å²) in [6.45, 7) is 5.94. The van der Waals surface area contributed by atoms with E-state index in [9.17, 15) is 4.79 Å². The van der Waals surface area contributed by atoms with Crippen LogP contribution in [0.4, 0.5) is 5.69 Å². The van der Waals surface area contributed by atoms with Crippen LogP contribution >= 0.6 is 35.4 Å². The molecule has 2 N–H and O–H groups in total. The lowest BCUT2D eigenvalue weighted by molar-refractivity contribution is -0.123. The first kappa shape index (κ1) is 28.3. The van der Waals surface area contributed by atoms with Gasteiger partial charge in [-0.1, -0.05) is 55.4 Å². The summed E-state index contributed by atoms with van der Waals surface area (Å²) in [5.41, 5.74) is 9.24. The number of benzodiazepines with no additional fused rings is 1. The molecule has 0 radical (unpaired) electrons. The zero-order valence-corrected chi connectivity index (χ0v) is 21.7. The number of carbonyl (C=O) groups excluding carboxylic acids is 1. The van der Waals surface area contributed by atoms with Gasteiger partial charge in [-0.05, 0) is 50.0 Å². The second-order valence-electron chi connectivity index (χ2n) is 7.20. The SMILES string of the molecule is C/C=C(\C=C/CC)C1=NC(N2CCCCC2)C(=O)N(C)c2ccc(Cl)cc21.CCl.NC=S. The van der Waals surface area contributed by atoms with Gasteiger partial charge in [0, 0.05) is 37.1 Å². The Kier molecular flexibility index (Phi) is 13.4. The van der Waals surface area contributed by atoms with E-state index in [1.54, 1.807) is 4.90 Å². The number of nitrogens with two attached hydrogens (primary N) is 1. The lowest BCUT2D eigenvalue weighted by Crippen LogP contribution is -2.48. The number of alkyl halides is 1. The minimum absolute atomic E-state index is 0.0189. The van der Waals surface area contributed by atoms with E-state index >= 15 is 0 Å². The number of piperidine rings is 1. The lowest BCUT2D eigenvalue weighted by Gasteiger charge is -2.32. The van der Waals surface area contributed by atoms with Gasteiger partial charge in [0.25, 0.3) is 5.91 Å². The van der Waals surface area contributed by atoms with Crippen LogP contribution in [0.5, 0.6) is 0 Å². The summed E-state index contributed by atoms with van der Waals surface area (Å²) >= 11 is 15.0. The summed E-state index contributed by atoms with van der Waals surface area (Å²) in [4.78, 5) is 22.2. The molecule has 176 valence electrons. The summed E-state index contributed by atoms with van der Waals surface area (Å²) in [7, 11) is 1.84. The second-order valence-corrected chi connectivity index (χ2v) is 7.91. The molecule has 0 spiro atoms. The molecule has 2 aliphatic heterocycles. The van der Waals surface area contributed by atoms with E-state index in [2.05, 4.69) is 59.6 Å². The van der Waals surface area contributed by atoms with E-state index in [1.807, 2.05) is 32.2 Å². The van der Waals surface area contributed by atoms with Crippen LogP contribution in [0.15, 0.2) is 47.0 Å². The molecule has 1 unspecified atom stereocenters. The number of allylic oxidation sites excluding steroid dienone is 4. The minimum atomic E-state index is -0.485. The average molecular weight is 498 g/mol. The van der Waals surface area contributed by atoms with Crippen molar-refractivity contribution in [2.24, 2.45) is 10.7 Å². The number of rotatable bonds is 4. The summed E-state index contributed by atoms with van der Waals surface area (Å²) in [5, 5.41) is 0.647. The Morgan fingerprint density at radius 1 is 1.28 bits per heavy atom. The average Bonchev–Trinajstić information content (AvgIpc) is 2.92. The van der Waals surface area contributed by atoms with Gasteiger partial charge in [-0.15, -0.1) is 11.6 Å². The van der Waals surface area contributed by atoms with Crippen LogP contribution in [-0.2, 0) is 4.79 Å². The van der Waals surface area contributed by atoms with Gasteiger partial charge in [-0.3, -0.25) is 14.7 Å². The summed E-state index contributed by atoms with van der Waals surface area (Å²) in [5.74, 6) is 0.0189. The molecule has 1 saturated heterocycles. The highest BCUT2D eigenvalue weighted by molar-refractivity contribution is 7.78. The number of carbonyl (C=O) groups is 1. The van der Waals surface area contributed by atoms with Crippen molar-refractivity contribution in [3.63, 3.8) is 0 Å². The summed E-state index contributed by atoms with van der Waals surface area (Å²) in [6, 6.07) is 5.67. The van der Waals surface area contributed by atoms with Gasteiger partial charge >= 0.3 is 0 Å². The van der Waals surface area contributed by atoms with Crippen LogP contribution in [0.1, 0.15) is 45.1 Å². The van der Waals surface area contributed by atoms with Crippen molar-refractivity contribution in [2.75, 3.05) is 31.4 Å². The third kappa shape index (κ3) is 7.41. The maximum absolute atomic E-state index is 13.3. The third-order valence-corrected chi connectivity index (χ3v) is 5.47. The number of benzene rings is 1. The molecule has 1 aromatic carbocycles. The van der Waals surface area contributed by atoms with Crippen molar-refractivity contribution in [1.82, 2.24) is 4.90 Å². The number of hydrogen-bond acceptors (Lipinski definition) is 4. The van der Waals surface area contributed by atoms with E-state index in [4.69, 9.17) is 16.6 Å². The summed E-state index contributed by atoms with van der Waals surface area (Å²) in [6.07, 6.45) is 11.6. The molecule has 2 aliphatic rings. The van der Waals surface area contributed by atoms with E-state index < -0.39 is 6.17 Å². The van der Waals surface area contributed by atoms with Crippen LogP contribution in [0, 0.1) is 0 Å². The normalized spacial score (nSPS) is 19.1. The van der Waals surface area contributed by atoms with Crippen LogP contribution in [0.2, 0.25) is 5.02 Å². The maximum atomic E-state index is 13.3. The molecular weight excluding hydrogens is 463 g/mol. The Labute approximate surface area is 208 Å². The Bertz CT molecular complexity index is 848. The van der Waals surface area contributed by atoms with Gasteiger partial charge in [-0.2, -0.15) is 0 Å². The third-order valence-electron chi connectivity index (χ3n) is 5.23. The predicted octanol–water partition coefficient (Wildman–Crippen LogP) is 5.59. The number of nitrogens with zero attached hydrogens (tertiary/aromatic N) is 3. The number of hydrogen-bond donors (Lipinski definition) is 1. The van der Waals surface area contributed by atoms with Crippen molar-refractivity contribution in [3.8, 4) is 0 Å². The molecule has 0 aliphatic carbocycles. The number of likely N-dealkylation sites (tertiary alicyclic amines) is 1. The standard InChI is InChI=1S/C22H28ClN3O.CH3Cl.CH3NS/c1-4-6-10-16(5-2)20-18-15-17(23)11-12-19(18)25(3)22(27)21(24-20)26-13-8-7-9-14-26;1-2;2-1-3/h5-6,10-12,15,21H,4,7-9,13-14H2,1-3H3;1H3;1H,(H2,2,3)/b10-6-,16-5+;;. The van der Waals surface area contributed by atoms with Gasteiger partial charge in [0.05, 0.1) is 16.9 Å². The number of anilines is 1. The van der Waals surface area contributed by atoms with Crippen LogP contribution in [0.25, 0.3) is 0 Å². The Morgan fingerprint density at radius 3 is 2.47 bits per heavy atom. The molecule has 8 heteroatoms. The number of aliphatic imine (C=N–C) groups is 1. The molecule has 1 amide bonds. The largest absolute Gasteiger partial charge is 0.396 e. The number of thiocarbonyl (C=S) groups is 1. The Morgan fingerprint density at radius 2 is 1.91 bits per heavy atom. The van der Waals surface area contributed by atoms with Crippen molar-refractivity contribution < 1.29 is 4.79 Å². The fraction of sp³-hybridized carbons (Fsp3) is 0.458. The fourth-order valence-electron chi connectivity index (χ4n) is 3.72. The molecule has 32 heavy (non-hydrogen) atoms. The minimum Gasteiger partial charge on any atom is -0.396 e. The van der Waals surface area contributed by atoms with E-state index in [0.717, 1.165) is 60.4 Å². The van der Waals surface area contributed by atoms with E-state index in [0.29, 0.717) is 5.02 Å². The topological polar surface area (TPSA) is 61.9 Å². The number of halogens is 2. The molecule has 5 nitrogen and oxygen atoms in total. The molecular formula is C24H34Cl2N4OS. The maximum Gasteiger partial charge on any atom is 0.266 e. The second kappa shape index (κ2) is 15.2. The van der Waals surface area contributed by atoms with Crippen LogP contribution in [0.3, 0.4) is 0 Å². The van der Waals surface area contributed by atoms with E-state index in [-0.39, 0.29) is 5.91 Å². The Balaban J connectivity index is 0.000000944. The smallest absolute Gasteiger partial charge is 0.266 e. The highest BCUT2D eigenvalue weighted by Gasteiger charge is 2.34. The van der Waals surface area contributed by atoms with Gasteiger partial charge in [0.2, 0.25) is 0 Å². The first-order valence-electron chi connectivity index (χ1n) is 10.7. The predicted molar refractivity (Wildman–Crippen MR) is 143 cm³/mol. The quantitative estimate of drug-likeness (QED) is 0.335. The van der Waals surface area contributed by atoms with E-state index in [1.165, 1.54) is 12.8 Å². The van der Waals surface area contributed by atoms with Crippen molar-refractivity contribution in [2.45, 2.75) is 45.7 Å². The first-order chi connectivity index (χ1) is 15.5. The number of amides is 1. The first-order valence-corrected chi connectivity index (χ1v) is 12.3. The van der Waals surface area contributed by atoms with Gasteiger partial charge < -0.3 is 10.6 Å². The van der Waals surface area contributed by atoms with Crippen molar-refractivity contribution >= 4 is 58.2 Å².